The molecule has 0 radical (unpaired) electrons. The van der Waals surface area contributed by atoms with Gasteiger partial charge in [0.15, 0.2) is 15.1 Å². The van der Waals surface area contributed by atoms with E-state index in [-0.39, 0.29) is 11.7 Å². The highest BCUT2D eigenvalue weighted by atomic mass is 32.2. The maximum Gasteiger partial charge on any atom is 0.321 e. The van der Waals surface area contributed by atoms with Gasteiger partial charge in [0.2, 0.25) is 0 Å². The van der Waals surface area contributed by atoms with E-state index in [2.05, 4.69) is 0 Å². The number of carboxylic acid groups (broad SMARTS) is 1. The smallest absolute Gasteiger partial charge is 0.321 e. The fraction of sp³-hybridized carbons (Fsp3) is 0.417. The van der Waals surface area contributed by atoms with Crippen molar-refractivity contribution >= 4 is 15.8 Å². The van der Waals surface area contributed by atoms with Crippen LogP contribution in [0.15, 0.2) is 24.3 Å². The molecular weight excluding hydrogens is 240 g/mol. The summed E-state index contributed by atoms with van der Waals surface area (Å²) in [6.07, 6.45) is 0.724. The van der Waals surface area contributed by atoms with Crippen LogP contribution in [0.25, 0.3) is 0 Å². The molecule has 1 aliphatic rings. The Kier molecular flexibility index (Phi) is 2.95. The van der Waals surface area contributed by atoms with Gasteiger partial charge in [-0.05, 0) is 24.5 Å². The van der Waals surface area contributed by atoms with E-state index in [4.69, 9.17) is 5.11 Å². The molecule has 0 amide bonds. The van der Waals surface area contributed by atoms with Gasteiger partial charge in [-0.15, -0.1) is 0 Å². The number of fused-ring (bicyclic) bond motifs is 1. The average Bonchev–Trinajstić information content (AvgIpc) is 2.25. The summed E-state index contributed by atoms with van der Waals surface area (Å²) < 4.78 is 23.6. The lowest BCUT2D eigenvalue weighted by atomic mass is 9.79. The summed E-state index contributed by atoms with van der Waals surface area (Å²) in [5.74, 6) is -1.40. The van der Waals surface area contributed by atoms with Gasteiger partial charge in [-0.25, -0.2) is 8.42 Å². The van der Waals surface area contributed by atoms with Gasteiger partial charge in [-0.1, -0.05) is 24.3 Å². The molecule has 5 heteroatoms. The molecule has 0 aliphatic heterocycles. The van der Waals surface area contributed by atoms with Gasteiger partial charge in [-0.2, -0.15) is 0 Å². The zero-order chi connectivity index (χ0) is 12.6. The third kappa shape index (κ3) is 2.20. The molecule has 1 aromatic rings. The first-order chi connectivity index (χ1) is 7.92. The van der Waals surface area contributed by atoms with Crippen LogP contribution in [0.4, 0.5) is 0 Å². The number of carbonyl (C=O) groups is 1. The van der Waals surface area contributed by atoms with Gasteiger partial charge < -0.3 is 5.11 Å². The lowest BCUT2D eigenvalue weighted by Gasteiger charge is -2.30. The quantitative estimate of drug-likeness (QED) is 0.876. The number of rotatable bonds is 4. The predicted octanol–water partition coefficient (Wildman–Crippen LogP) is 1.21. The summed E-state index contributed by atoms with van der Waals surface area (Å²) in [6.45, 7) is 1.22. The SMILES string of the molecule is CC(C(=O)O)S(=O)(=O)CC1Cc2ccccc21. The molecular formula is C12H14O4S. The van der Waals surface area contributed by atoms with E-state index in [1.54, 1.807) is 0 Å². The molecule has 2 atom stereocenters. The van der Waals surface area contributed by atoms with Gasteiger partial charge in [0.25, 0.3) is 0 Å². The van der Waals surface area contributed by atoms with Crippen LogP contribution < -0.4 is 0 Å². The first-order valence-electron chi connectivity index (χ1n) is 5.44. The first kappa shape index (κ1) is 12.1. The number of sulfone groups is 1. The summed E-state index contributed by atoms with van der Waals surface area (Å²) in [5.41, 5.74) is 2.20. The Morgan fingerprint density at radius 2 is 2.12 bits per heavy atom. The molecule has 1 aromatic carbocycles. The fourth-order valence-electron chi connectivity index (χ4n) is 2.09. The molecule has 2 rings (SSSR count). The van der Waals surface area contributed by atoms with Crippen molar-refractivity contribution < 1.29 is 18.3 Å². The van der Waals surface area contributed by atoms with E-state index in [1.807, 2.05) is 24.3 Å². The summed E-state index contributed by atoms with van der Waals surface area (Å²) in [6, 6.07) is 7.67. The van der Waals surface area contributed by atoms with Crippen LogP contribution in [0.5, 0.6) is 0 Å². The highest BCUT2D eigenvalue weighted by Crippen LogP contribution is 2.36. The van der Waals surface area contributed by atoms with Crippen molar-refractivity contribution in [2.45, 2.75) is 24.5 Å². The summed E-state index contributed by atoms with van der Waals surface area (Å²) >= 11 is 0. The number of carboxylic acids is 1. The molecule has 92 valence electrons. The van der Waals surface area contributed by atoms with Gasteiger partial charge in [0.1, 0.15) is 0 Å². The van der Waals surface area contributed by atoms with Crippen LogP contribution in [-0.4, -0.2) is 30.5 Å². The van der Waals surface area contributed by atoms with Gasteiger partial charge >= 0.3 is 5.97 Å². The van der Waals surface area contributed by atoms with E-state index in [9.17, 15) is 13.2 Å². The van der Waals surface area contributed by atoms with Crippen LogP contribution in [0, 0.1) is 0 Å². The van der Waals surface area contributed by atoms with Gasteiger partial charge in [0.05, 0.1) is 5.75 Å². The number of aliphatic carboxylic acids is 1. The number of benzene rings is 1. The van der Waals surface area contributed by atoms with Crippen molar-refractivity contribution in [3.63, 3.8) is 0 Å². The van der Waals surface area contributed by atoms with Gasteiger partial charge in [0, 0.05) is 5.92 Å². The van der Waals surface area contributed by atoms with E-state index in [0.29, 0.717) is 0 Å². The maximum atomic E-state index is 11.8. The third-order valence-corrected chi connectivity index (χ3v) is 5.43. The maximum absolute atomic E-state index is 11.8. The summed E-state index contributed by atoms with van der Waals surface area (Å²) in [7, 11) is -3.56. The minimum absolute atomic E-state index is 0.0435. The minimum atomic E-state index is -3.56. The second kappa shape index (κ2) is 4.14. The Balaban J connectivity index is 2.13. The molecule has 0 aromatic heterocycles. The van der Waals surface area contributed by atoms with Crippen molar-refractivity contribution in [1.29, 1.82) is 0 Å². The van der Waals surface area contributed by atoms with Crippen LogP contribution in [-0.2, 0) is 21.1 Å². The van der Waals surface area contributed by atoms with E-state index in [0.717, 1.165) is 17.5 Å². The molecule has 0 spiro atoms. The van der Waals surface area contributed by atoms with Gasteiger partial charge in [-0.3, -0.25) is 4.79 Å². The molecule has 0 saturated carbocycles. The molecule has 1 aliphatic carbocycles. The number of hydrogen-bond donors (Lipinski definition) is 1. The van der Waals surface area contributed by atoms with Crippen molar-refractivity contribution in [1.82, 2.24) is 0 Å². The largest absolute Gasteiger partial charge is 0.480 e. The van der Waals surface area contributed by atoms with Crippen LogP contribution in [0.3, 0.4) is 0 Å². The molecule has 2 unspecified atom stereocenters. The Labute approximate surface area is 100 Å². The highest BCUT2D eigenvalue weighted by Gasteiger charge is 2.35. The van der Waals surface area contributed by atoms with Crippen LogP contribution in [0.2, 0.25) is 0 Å². The van der Waals surface area contributed by atoms with Crippen molar-refractivity contribution in [3.05, 3.63) is 35.4 Å². The normalized spacial score (nSPS) is 20.2. The monoisotopic (exact) mass is 254 g/mol. The van der Waals surface area contributed by atoms with E-state index >= 15 is 0 Å². The Bertz CT molecular complexity index is 547. The van der Waals surface area contributed by atoms with Crippen molar-refractivity contribution in [2.24, 2.45) is 0 Å². The molecule has 0 heterocycles. The average molecular weight is 254 g/mol. The standard InChI is InChI=1S/C12H14O4S/c1-8(12(13)14)17(15,16)7-10-6-9-4-2-3-5-11(9)10/h2-5,8,10H,6-7H2,1H3,(H,13,14). The Morgan fingerprint density at radius 3 is 2.71 bits per heavy atom. The van der Waals surface area contributed by atoms with Crippen LogP contribution >= 0.6 is 0 Å². The molecule has 0 saturated heterocycles. The fourth-order valence-corrected chi connectivity index (χ4v) is 3.54. The molecule has 0 fully saturated rings. The first-order valence-corrected chi connectivity index (χ1v) is 7.15. The molecule has 17 heavy (non-hydrogen) atoms. The lowest BCUT2D eigenvalue weighted by molar-refractivity contribution is -0.136. The third-order valence-electron chi connectivity index (χ3n) is 3.28. The molecule has 0 bridgehead atoms. The zero-order valence-corrected chi connectivity index (χ0v) is 10.3. The van der Waals surface area contributed by atoms with E-state index in [1.165, 1.54) is 6.92 Å². The Hall–Kier alpha value is -1.36. The van der Waals surface area contributed by atoms with Crippen LogP contribution in [0.1, 0.15) is 24.0 Å². The van der Waals surface area contributed by atoms with Crippen molar-refractivity contribution in [2.75, 3.05) is 5.75 Å². The molecule has 1 N–H and O–H groups in total. The Morgan fingerprint density at radius 1 is 1.47 bits per heavy atom. The second-order valence-corrected chi connectivity index (χ2v) is 6.78. The topological polar surface area (TPSA) is 71.4 Å². The lowest BCUT2D eigenvalue weighted by Crippen LogP contribution is -2.34. The van der Waals surface area contributed by atoms with Crippen molar-refractivity contribution in [3.8, 4) is 0 Å². The molecule has 4 nitrogen and oxygen atoms in total. The second-order valence-electron chi connectivity index (χ2n) is 4.41. The minimum Gasteiger partial charge on any atom is -0.480 e. The number of hydrogen-bond acceptors (Lipinski definition) is 3. The summed E-state index contributed by atoms with van der Waals surface area (Å²) in [4.78, 5) is 10.7. The van der Waals surface area contributed by atoms with E-state index < -0.39 is 21.1 Å². The summed E-state index contributed by atoms with van der Waals surface area (Å²) in [5, 5.41) is 7.41. The highest BCUT2D eigenvalue weighted by molar-refractivity contribution is 7.92. The zero-order valence-electron chi connectivity index (χ0n) is 9.46. The predicted molar refractivity (Wildman–Crippen MR) is 63.8 cm³/mol.